The Kier molecular flexibility index (Phi) is 3.58. The van der Waals surface area contributed by atoms with Crippen LogP contribution in [0.15, 0.2) is 18.5 Å². The van der Waals surface area contributed by atoms with E-state index in [1.54, 1.807) is 19.5 Å². The molecule has 0 amide bonds. The van der Waals surface area contributed by atoms with Gasteiger partial charge in [-0.3, -0.25) is 4.98 Å². The number of aliphatic hydroxyl groups is 1. The van der Waals surface area contributed by atoms with E-state index < -0.39 is 6.10 Å². The molecule has 2 heterocycles. The van der Waals surface area contributed by atoms with Crippen LogP contribution in [0.25, 0.3) is 0 Å². The molecule has 2 atom stereocenters. The molecular weight excluding hydrogens is 242 g/mol. The standard InChI is InChI=1S/C15H23NO3/c1-14(2)8-11(15(3,4)19-14)13(17)10-6-7-16-9-12(10)18-5/h6-7,9,11,13,17H,8H2,1-5H3. The zero-order chi connectivity index (χ0) is 14.3. The molecule has 1 aliphatic heterocycles. The molecule has 1 N–H and O–H groups in total. The number of aromatic nitrogens is 1. The Morgan fingerprint density at radius 1 is 1.42 bits per heavy atom. The van der Waals surface area contributed by atoms with Crippen molar-refractivity contribution in [1.82, 2.24) is 4.98 Å². The molecule has 0 radical (unpaired) electrons. The molecular formula is C15H23NO3. The summed E-state index contributed by atoms with van der Waals surface area (Å²) in [6.07, 6.45) is 3.50. The predicted molar refractivity (Wildman–Crippen MR) is 73.1 cm³/mol. The van der Waals surface area contributed by atoms with E-state index in [9.17, 15) is 5.11 Å². The van der Waals surface area contributed by atoms with Crippen molar-refractivity contribution in [2.75, 3.05) is 7.11 Å². The van der Waals surface area contributed by atoms with Crippen LogP contribution in [-0.2, 0) is 4.74 Å². The lowest BCUT2D eigenvalue weighted by atomic mass is 9.80. The van der Waals surface area contributed by atoms with Crippen molar-refractivity contribution in [1.29, 1.82) is 0 Å². The number of ether oxygens (including phenoxy) is 2. The maximum atomic E-state index is 10.7. The van der Waals surface area contributed by atoms with Crippen LogP contribution in [0.5, 0.6) is 5.75 Å². The minimum Gasteiger partial charge on any atom is -0.495 e. The molecule has 1 aromatic rings. The van der Waals surface area contributed by atoms with Gasteiger partial charge in [0.1, 0.15) is 5.75 Å². The average Bonchev–Trinajstić information content (AvgIpc) is 2.56. The summed E-state index contributed by atoms with van der Waals surface area (Å²) in [5, 5.41) is 10.7. The Morgan fingerprint density at radius 3 is 2.63 bits per heavy atom. The molecule has 106 valence electrons. The first-order valence-electron chi connectivity index (χ1n) is 6.63. The fourth-order valence-corrected chi connectivity index (χ4v) is 3.12. The highest BCUT2D eigenvalue weighted by Crippen LogP contribution is 2.48. The van der Waals surface area contributed by atoms with Gasteiger partial charge in [-0.25, -0.2) is 0 Å². The summed E-state index contributed by atoms with van der Waals surface area (Å²) in [7, 11) is 1.59. The Morgan fingerprint density at radius 2 is 2.11 bits per heavy atom. The van der Waals surface area contributed by atoms with E-state index in [0.717, 1.165) is 12.0 Å². The lowest BCUT2D eigenvalue weighted by Gasteiger charge is -2.30. The van der Waals surface area contributed by atoms with Crippen molar-refractivity contribution in [2.45, 2.75) is 51.4 Å². The number of hydrogen-bond acceptors (Lipinski definition) is 4. The van der Waals surface area contributed by atoms with Crippen molar-refractivity contribution in [3.8, 4) is 5.75 Å². The molecule has 0 aliphatic carbocycles. The molecule has 1 saturated heterocycles. The van der Waals surface area contributed by atoms with Gasteiger partial charge in [0.2, 0.25) is 0 Å². The first-order chi connectivity index (χ1) is 8.77. The van der Waals surface area contributed by atoms with Crippen LogP contribution in [0.4, 0.5) is 0 Å². The molecule has 0 aromatic carbocycles. The van der Waals surface area contributed by atoms with Gasteiger partial charge in [0.15, 0.2) is 0 Å². The molecule has 0 saturated carbocycles. The zero-order valence-corrected chi connectivity index (χ0v) is 12.3. The van der Waals surface area contributed by atoms with E-state index in [1.165, 1.54) is 0 Å². The molecule has 1 aromatic heterocycles. The molecule has 4 heteroatoms. The van der Waals surface area contributed by atoms with Gasteiger partial charge in [-0.1, -0.05) is 0 Å². The Balaban J connectivity index is 2.31. The Hall–Kier alpha value is -1.13. The van der Waals surface area contributed by atoms with Gasteiger partial charge in [-0.05, 0) is 40.2 Å². The van der Waals surface area contributed by atoms with Crippen molar-refractivity contribution < 1.29 is 14.6 Å². The van der Waals surface area contributed by atoms with Crippen LogP contribution in [0.2, 0.25) is 0 Å². The van der Waals surface area contributed by atoms with Gasteiger partial charge >= 0.3 is 0 Å². The van der Waals surface area contributed by atoms with E-state index in [4.69, 9.17) is 9.47 Å². The lowest BCUT2D eigenvalue weighted by Crippen LogP contribution is -2.32. The topological polar surface area (TPSA) is 51.6 Å². The van der Waals surface area contributed by atoms with Gasteiger partial charge in [-0.2, -0.15) is 0 Å². The second-order valence-corrected chi connectivity index (χ2v) is 6.34. The highest BCUT2D eigenvalue weighted by Gasteiger charge is 2.49. The second-order valence-electron chi connectivity index (χ2n) is 6.34. The van der Waals surface area contributed by atoms with Crippen molar-refractivity contribution in [2.24, 2.45) is 5.92 Å². The maximum Gasteiger partial charge on any atom is 0.142 e. The summed E-state index contributed by atoms with van der Waals surface area (Å²) >= 11 is 0. The van der Waals surface area contributed by atoms with E-state index in [2.05, 4.69) is 18.8 Å². The van der Waals surface area contributed by atoms with E-state index >= 15 is 0 Å². The minimum absolute atomic E-state index is 0.0267. The van der Waals surface area contributed by atoms with E-state index in [-0.39, 0.29) is 17.1 Å². The summed E-state index contributed by atoms with van der Waals surface area (Å²) in [5.74, 6) is 0.648. The first-order valence-corrected chi connectivity index (χ1v) is 6.63. The van der Waals surface area contributed by atoms with Crippen LogP contribution < -0.4 is 4.74 Å². The van der Waals surface area contributed by atoms with Gasteiger partial charge in [0.25, 0.3) is 0 Å². The van der Waals surface area contributed by atoms with Crippen molar-refractivity contribution >= 4 is 0 Å². The van der Waals surface area contributed by atoms with Crippen LogP contribution in [0.3, 0.4) is 0 Å². The van der Waals surface area contributed by atoms with Gasteiger partial charge in [0.05, 0.1) is 30.6 Å². The monoisotopic (exact) mass is 265 g/mol. The first kappa shape index (κ1) is 14.3. The van der Waals surface area contributed by atoms with Crippen LogP contribution in [0.1, 0.15) is 45.8 Å². The fraction of sp³-hybridized carbons (Fsp3) is 0.667. The molecule has 0 bridgehead atoms. The third-order valence-corrected chi connectivity index (χ3v) is 3.88. The van der Waals surface area contributed by atoms with Crippen LogP contribution in [0, 0.1) is 5.92 Å². The average molecular weight is 265 g/mol. The number of methoxy groups -OCH3 is 1. The SMILES string of the molecule is COc1cnccc1C(O)C1CC(C)(C)OC1(C)C. The molecule has 19 heavy (non-hydrogen) atoms. The number of hydrogen-bond donors (Lipinski definition) is 1. The molecule has 0 spiro atoms. The predicted octanol–water partition coefficient (Wildman–Crippen LogP) is 2.72. The summed E-state index contributed by atoms with van der Waals surface area (Å²) < 4.78 is 11.3. The second kappa shape index (κ2) is 4.76. The van der Waals surface area contributed by atoms with Gasteiger partial charge in [0, 0.05) is 17.7 Å². The van der Waals surface area contributed by atoms with Crippen LogP contribution >= 0.6 is 0 Å². The Bertz CT molecular complexity index is 456. The van der Waals surface area contributed by atoms with Crippen LogP contribution in [-0.4, -0.2) is 28.4 Å². The summed E-state index contributed by atoms with van der Waals surface area (Å²) in [6.45, 7) is 8.18. The number of aliphatic hydroxyl groups excluding tert-OH is 1. The van der Waals surface area contributed by atoms with Gasteiger partial charge < -0.3 is 14.6 Å². The number of nitrogens with zero attached hydrogens (tertiary/aromatic N) is 1. The highest BCUT2D eigenvalue weighted by atomic mass is 16.5. The zero-order valence-electron chi connectivity index (χ0n) is 12.3. The van der Waals surface area contributed by atoms with E-state index in [0.29, 0.717) is 5.75 Å². The largest absolute Gasteiger partial charge is 0.495 e. The summed E-state index contributed by atoms with van der Waals surface area (Å²) in [4.78, 5) is 4.02. The van der Waals surface area contributed by atoms with Gasteiger partial charge in [-0.15, -0.1) is 0 Å². The fourth-order valence-electron chi connectivity index (χ4n) is 3.12. The Labute approximate surface area is 114 Å². The minimum atomic E-state index is -0.616. The molecule has 1 fully saturated rings. The summed E-state index contributed by atoms with van der Waals surface area (Å²) in [6, 6.07) is 1.81. The quantitative estimate of drug-likeness (QED) is 0.913. The summed E-state index contributed by atoms with van der Waals surface area (Å²) in [5.41, 5.74) is 0.198. The lowest BCUT2D eigenvalue weighted by molar-refractivity contribution is -0.0881. The third-order valence-electron chi connectivity index (χ3n) is 3.88. The molecule has 2 unspecified atom stereocenters. The number of pyridine rings is 1. The molecule has 1 aliphatic rings. The third kappa shape index (κ3) is 2.74. The van der Waals surface area contributed by atoms with E-state index in [1.807, 2.05) is 19.9 Å². The van der Waals surface area contributed by atoms with Crippen molar-refractivity contribution in [3.05, 3.63) is 24.0 Å². The van der Waals surface area contributed by atoms with Crippen molar-refractivity contribution in [3.63, 3.8) is 0 Å². The normalized spacial score (nSPS) is 26.1. The smallest absolute Gasteiger partial charge is 0.142 e. The number of rotatable bonds is 3. The molecule has 2 rings (SSSR count). The molecule has 4 nitrogen and oxygen atoms in total. The maximum absolute atomic E-state index is 10.7. The highest BCUT2D eigenvalue weighted by molar-refractivity contribution is 5.33.